The molecular weight excluding hydrogens is 332 g/mol. The van der Waals surface area contributed by atoms with Crippen molar-refractivity contribution in [1.29, 1.82) is 0 Å². The molecule has 0 unspecified atom stereocenters. The van der Waals surface area contributed by atoms with E-state index < -0.39 is 10.9 Å². The van der Waals surface area contributed by atoms with Gasteiger partial charge in [-0.25, -0.2) is 4.79 Å². The summed E-state index contributed by atoms with van der Waals surface area (Å²) in [6.07, 6.45) is 0. The first-order valence-electron chi connectivity index (χ1n) is 7.64. The molecule has 0 saturated heterocycles. The summed E-state index contributed by atoms with van der Waals surface area (Å²) in [6, 6.07) is 9.61. The quantitative estimate of drug-likeness (QED) is 0.432. The smallest absolute Gasteiger partial charge is 0.338 e. The van der Waals surface area contributed by atoms with Gasteiger partial charge in [-0.15, -0.1) is 12.4 Å². The van der Waals surface area contributed by atoms with Gasteiger partial charge in [-0.05, 0) is 25.2 Å². The number of hydrogen-bond donors (Lipinski definition) is 0. The number of esters is 1. The SMILES string of the molecule is CCN(CC)CCOC(=O)c1ccc([N+](=O)[O-])c2ccccc12.Cl. The number of fused-ring (bicyclic) bond motifs is 1. The summed E-state index contributed by atoms with van der Waals surface area (Å²) >= 11 is 0. The number of nitrogens with zero attached hydrogens (tertiary/aromatic N) is 2. The van der Waals surface area contributed by atoms with Crippen LogP contribution >= 0.6 is 12.4 Å². The summed E-state index contributed by atoms with van der Waals surface area (Å²) in [7, 11) is 0. The number of non-ortho nitro benzene ring substituents is 1. The lowest BCUT2D eigenvalue weighted by molar-refractivity contribution is -0.383. The van der Waals surface area contributed by atoms with E-state index in [1.807, 2.05) is 0 Å². The fraction of sp³-hybridized carbons (Fsp3) is 0.353. The van der Waals surface area contributed by atoms with Gasteiger partial charge in [-0.3, -0.25) is 10.1 Å². The second-order valence-electron chi connectivity index (χ2n) is 5.10. The van der Waals surface area contributed by atoms with Gasteiger partial charge >= 0.3 is 5.97 Å². The van der Waals surface area contributed by atoms with E-state index in [0.29, 0.717) is 29.5 Å². The normalized spacial score (nSPS) is 10.5. The van der Waals surface area contributed by atoms with Gasteiger partial charge < -0.3 is 9.64 Å². The van der Waals surface area contributed by atoms with Crippen LogP contribution in [-0.2, 0) is 4.74 Å². The third kappa shape index (κ3) is 4.43. The predicted molar refractivity (Wildman–Crippen MR) is 95.9 cm³/mol. The van der Waals surface area contributed by atoms with Crippen LogP contribution in [0.4, 0.5) is 5.69 Å². The van der Waals surface area contributed by atoms with Crippen molar-refractivity contribution in [2.75, 3.05) is 26.2 Å². The molecule has 130 valence electrons. The van der Waals surface area contributed by atoms with Gasteiger partial charge in [0.1, 0.15) is 6.61 Å². The third-order valence-electron chi connectivity index (χ3n) is 3.85. The van der Waals surface area contributed by atoms with Crippen LogP contribution in [0.25, 0.3) is 10.8 Å². The van der Waals surface area contributed by atoms with Gasteiger partial charge in [0.2, 0.25) is 0 Å². The molecule has 0 radical (unpaired) electrons. The number of ether oxygens (including phenoxy) is 1. The Labute approximate surface area is 147 Å². The van der Waals surface area contributed by atoms with Crippen LogP contribution in [0, 0.1) is 10.1 Å². The largest absolute Gasteiger partial charge is 0.461 e. The van der Waals surface area contributed by atoms with Crippen molar-refractivity contribution in [3.63, 3.8) is 0 Å². The Bertz CT molecular complexity index is 717. The molecule has 0 aliphatic carbocycles. The number of nitro groups is 1. The third-order valence-corrected chi connectivity index (χ3v) is 3.85. The Balaban J connectivity index is 0.00000288. The van der Waals surface area contributed by atoms with Crippen LogP contribution in [0.5, 0.6) is 0 Å². The summed E-state index contributed by atoms with van der Waals surface area (Å²) in [5, 5.41) is 12.1. The molecule has 0 N–H and O–H groups in total. The van der Waals surface area contributed by atoms with Crippen molar-refractivity contribution in [2.24, 2.45) is 0 Å². The molecular formula is C17H21ClN2O4. The molecule has 0 aliphatic heterocycles. The maximum atomic E-state index is 12.3. The highest BCUT2D eigenvalue weighted by atomic mass is 35.5. The van der Waals surface area contributed by atoms with Crippen molar-refractivity contribution >= 4 is 34.8 Å². The molecule has 0 aromatic heterocycles. The van der Waals surface area contributed by atoms with Crippen LogP contribution in [0.3, 0.4) is 0 Å². The number of rotatable bonds is 7. The predicted octanol–water partition coefficient (Wildman–Crippen LogP) is 3.67. The topological polar surface area (TPSA) is 72.7 Å². The summed E-state index contributed by atoms with van der Waals surface area (Å²) in [5.41, 5.74) is 0.339. The van der Waals surface area contributed by atoms with E-state index >= 15 is 0 Å². The molecule has 0 bridgehead atoms. The first-order chi connectivity index (χ1) is 11.1. The fourth-order valence-electron chi connectivity index (χ4n) is 2.51. The van der Waals surface area contributed by atoms with Gasteiger partial charge in [0.25, 0.3) is 5.69 Å². The highest BCUT2D eigenvalue weighted by Gasteiger charge is 2.18. The van der Waals surface area contributed by atoms with E-state index in [9.17, 15) is 14.9 Å². The van der Waals surface area contributed by atoms with Crippen LogP contribution in [-0.4, -0.2) is 42.0 Å². The average molecular weight is 353 g/mol. The summed E-state index contributed by atoms with van der Waals surface area (Å²) in [6.45, 7) is 6.86. The zero-order valence-corrected chi connectivity index (χ0v) is 14.5. The molecule has 7 heteroatoms. The van der Waals surface area contributed by atoms with E-state index in [1.165, 1.54) is 12.1 Å². The van der Waals surface area contributed by atoms with Gasteiger partial charge in [0, 0.05) is 18.0 Å². The van der Waals surface area contributed by atoms with Gasteiger partial charge in [0.15, 0.2) is 0 Å². The Kier molecular flexibility index (Phi) is 7.61. The summed E-state index contributed by atoms with van der Waals surface area (Å²) in [5.74, 6) is -0.455. The molecule has 6 nitrogen and oxygen atoms in total. The van der Waals surface area contributed by atoms with E-state index in [1.54, 1.807) is 24.3 Å². The van der Waals surface area contributed by atoms with E-state index in [-0.39, 0.29) is 18.1 Å². The van der Waals surface area contributed by atoms with Crippen LogP contribution in [0.1, 0.15) is 24.2 Å². The first-order valence-corrected chi connectivity index (χ1v) is 7.64. The molecule has 0 heterocycles. The molecule has 2 rings (SSSR count). The zero-order chi connectivity index (χ0) is 16.8. The Morgan fingerprint density at radius 1 is 1.12 bits per heavy atom. The number of likely N-dealkylation sites (N-methyl/N-ethyl adjacent to an activating group) is 1. The number of carbonyl (C=O) groups excluding carboxylic acids is 1. The maximum Gasteiger partial charge on any atom is 0.338 e. The first kappa shape index (κ1) is 19.9. The molecule has 0 atom stereocenters. The van der Waals surface area contributed by atoms with Crippen molar-refractivity contribution in [3.8, 4) is 0 Å². The Morgan fingerprint density at radius 3 is 2.33 bits per heavy atom. The minimum absolute atomic E-state index is 0. The van der Waals surface area contributed by atoms with Crippen molar-refractivity contribution in [3.05, 3.63) is 52.1 Å². The molecule has 2 aromatic rings. The minimum atomic E-state index is -0.455. The second kappa shape index (κ2) is 9.20. The summed E-state index contributed by atoms with van der Waals surface area (Å²) < 4.78 is 5.32. The van der Waals surface area contributed by atoms with Crippen LogP contribution < -0.4 is 0 Å². The fourth-order valence-corrected chi connectivity index (χ4v) is 2.51. The lowest BCUT2D eigenvalue weighted by Crippen LogP contribution is -2.27. The van der Waals surface area contributed by atoms with Crippen molar-refractivity contribution in [2.45, 2.75) is 13.8 Å². The summed E-state index contributed by atoms with van der Waals surface area (Å²) in [4.78, 5) is 25.1. The highest BCUT2D eigenvalue weighted by molar-refractivity contribution is 6.07. The van der Waals surface area contributed by atoms with Gasteiger partial charge in [-0.2, -0.15) is 0 Å². The zero-order valence-electron chi connectivity index (χ0n) is 13.7. The van der Waals surface area contributed by atoms with Crippen molar-refractivity contribution in [1.82, 2.24) is 4.90 Å². The number of hydrogen-bond acceptors (Lipinski definition) is 5. The van der Waals surface area contributed by atoms with Gasteiger partial charge in [-0.1, -0.05) is 32.0 Å². The molecule has 2 aromatic carbocycles. The van der Waals surface area contributed by atoms with Gasteiger partial charge in [0.05, 0.1) is 15.9 Å². The monoisotopic (exact) mass is 352 g/mol. The molecule has 0 saturated carbocycles. The molecule has 24 heavy (non-hydrogen) atoms. The van der Waals surface area contributed by atoms with Crippen LogP contribution in [0.15, 0.2) is 36.4 Å². The Hall–Kier alpha value is -2.18. The lowest BCUT2D eigenvalue weighted by Gasteiger charge is -2.17. The lowest BCUT2D eigenvalue weighted by atomic mass is 10.0. The number of carbonyl (C=O) groups is 1. The Morgan fingerprint density at radius 2 is 1.75 bits per heavy atom. The average Bonchev–Trinajstić information content (AvgIpc) is 2.57. The molecule has 0 spiro atoms. The maximum absolute atomic E-state index is 12.3. The van der Waals surface area contributed by atoms with E-state index in [4.69, 9.17) is 4.74 Å². The van der Waals surface area contributed by atoms with E-state index in [2.05, 4.69) is 18.7 Å². The van der Waals surface area contributed by atoms with Crippen LogP contribution in [0.2, 0.25) is 0 Å². The molecule has 0 aliphatic rings. The minimum Gasteiger partial charge on any atom is -0.461 e. The van der Waals surface area contributed by atoms with Crippen molar-refractivity contribution < 1.29 is 14.5 Å². The molecule has 0 fully saturated rings. The number of benzene rings is 2. The number of nitro benzene ring substituents is 1. The standard InChI is InChI=1S/C17H20N2O4.ClH/c1-3-18(4-2)11-12-23-17(20)15-9-10-16(19(21)22)14-8-6-5-7-13(14)15;/h5-10H,3-4,11-12H2,1-2H3;1H. The number of halogens is 1. The second-order valence-corrected chi connectivity index (χ2v) is 5.10. The van der Waals surface area contributed by atoms with E-state index in [0.717, 1.165) is 13.1 Å². The molecule has 0 amide bonds. The highest BCUT2D eigenvalue weighted by Crippen LogP contribution is 2.28.